The summed E-state index contributed by atoms with van der Waals surface area (Å²) in [7, 11) is 0. The number of hydrogen-bond donors (Lipinski definition) is 1. The lowest BCUT2D eigenvalue weighted by Gasteiger charge is -2.38. The number of carbonyl (C=O) groups is 2. The maximum absolute atomic E-state index is 12.1. The maximum Gasteiger partial charge on any atom is 0.309 e. The number of carboxylic acid groups (broad SMARTS) is 1. The van der Waals surface area contributed by atoms with Crippen molar-refractivity contribution >= 4 is 11.9 Å². The third-order valence-corrected chi connectivity index (χ3v) is 4.70. The highest BCUT2D eigenvalue weighted by Gasteiger charge is 2.40. The van der Waals surface area contributed by atoms with E-state index < -0.39 is 11.4 Å². The quantitative estimate of drug-likeness (QED) is 0.694. The molecule has 1 N–H and O–H groups in total. The molecule has 0 saturated carbocycles. The second-order valence-corrected chi connectivity index (χ2v) is 5.98. The van der Waals surface area contributed by atoms with Crippen molar-refractivity contribution in [2.45, 2.75) is 71.6 Å². The van der Waals surface area contributed by atoms with Gasteiger partial charge in [-0.25, -0.2) is 0 Å². The van der Waals surface area contributed by atoms with Gasteiger partial charge < -0.3 is 10.0 Å². The molecule has 1 fully saturated rings. The summed E-state index contributed by atoms with van der Waals surface area (Å²) in [5.41, 5.74) is -0.599. The molecule has 0 aromatic heterocycles. The lowest BCUT2D eigenvalue weighted by atomic mass is 9.76. The number of carboxylic acids is 1. The summed E-state index contributed by atoms with van der Waals surface area (Å²) in [5, 5.41) is 9.33. The van der Waals surface area contributed by atoms with Gasteiger partial charge >= 0.3 is 5.97 Å². The second-order valence-electron chi connectivity index (χ2n) is 5.98. The van der Waals surface area contributed by atoms with Gasteiger partial charge in [0.15, 0.2) is 0 Å². The van der Waals surface area contributed by atoms with Crippen molar-refractivity contribution in [2.75, 3.05) is 13.1 Å². The van der Waals surface area contributed by atoms with Crippen LogP contribution in [0.4, 0.5) is 0 Å². The summed E-state index contributed by atoms with van der Waals surface area (Å²) in [6.07, 6.45) is 8.23. The normalized spacial score (nSPS) is 18.0. The number of amides is 1. The van der Waals surface area contributed by atoms with E-state index in [1.54, 1.807) is 0 Å². The third kappa shape index (κ3) is 4.50. The molecule has 0 radical (unpaired) electrons. The summed E-state index contributed by atoms with van der Waals surface area (Å²) in [4.78, 5) is 25.3. The molecule has 0 spiro atoms. The molecule has 0 aliphatic carbocycles. The summed E-state index contributed by atoms with van der Waals surface area (Å²) >= 11 is 0. The van der Waals surface area contributed by atoms with Crippen molar-refractivity contribution in [3.63, 3.8) is 0 Å². The molecule has 0 unspecified atom stereocenters. The predicted octanol–water partition coefficient (Wildman–Crippen LogP) is 3.45. The molecular weight excluding hydrogens is 254 g/mol. The van der Waals surface area contributed by atoms with Gasteiger partial charge in [-0.2, -0.15) is 0 Å². The molecule has 4 heteroatoms. The van der Waals surface area contributed by atoms with Crippen LogP contribution in [0, 0.1) is 5.41 Å². The topological polar surface area (TPSA) is 57.6 Å². The zero-order valence-corrected chi connectivity index (χ0v) is 13.0. The molecule has 4 nitrogen and oxygen atoms in total. The zero-order valence-electron chi connectivity index (χ0n) is 13.0. The summed E-state index contributed by atoms with van der Waals surface area (Å²) in [5.74, 6) is -0.497. The molecule has 0 bridgehead atoms. The van der Waals surface area contributed by atoms with E-state index in [-0.39, 0.29) is 5.91 Å². The molecule has 20 heavy (non-hydrogen) atoms. The van der Waals surface area contributed by atoms with E-state index in [1.165, 1.54) is 19.3 Å². The van der Waals surface area contributed by atoms with Gasteiger partial charge in [0.05, 0.1) is 5.41 Å². The molecule has 0 atom stereocenters. The minimum Gasteiger partial charge on any atom is -0.481 e. The molecule has 0 aromatic carbocycles. The van der Waals surface area contributed by atoms with Gasteiger partial charge in [0.2, 0.25) is 5.91 Å². The SMILES string of the molecule is CCCCCCCC(=O)N1CCC(CC)(C(=O)O)CC1. The van der Waals surface area contributed by atoms with Crippen molar-refractivity contribution in [1.29, 1.82) is 0 Å². The van der Waals surface area contributed by atoms with Crippen LogP contribution in [0.15, 0.2) is 0 Å². The molecule has 1 aliphatic heterocycles. The van der Waals surface area contributed by atoms with Crippen molar-refractivity contribution in [2.24, 2.45) is 5.41 Å². The number of aliphatic carboxylic acids is 1. The molecular formula is C16H29NO3. The highest BCUT2D eigenvalue weighted by atomic mass is 16.4. The van der Waals surface area contributed by atoms with Gasteiger partial charge in [0, 0.05) is 19.5 Å². The van der Waals surface area contributed by atoms with Crippen LogP contribution in [0.2, 0.25) is 0 Å². The molecule has 1 saturated heterocycles. The Kier molecular flexibility index (Phi) is 7.03. The Labute approximate surface area is 122 Å². The van der Waals surface area contributed by atoms with Crippen LogP contribution in [-0.2, 0) is 9.59 Å². The summed E-state index contributed by atoms with van der Waals surface area (Å²) in [6, 6.07) is 0. The van der Waals surface area contributed by atoms with Crippen LogP contribution in [0.3, 0.4) is 0 Å². The van der Waals surface area contributed by atoms with E-state index in [0.29, 0.717) is 38.8 Å². The number of carbonyl (C=O) groups excluding carboxylic acids is 1. The van der Waals surface area contributed by atoms with Crippen molar-refractivity contribution < 1.29 is 14.7 Å². The minimum absolute atomic E-state index is 0.205. The number of unbranched alkanes of at least 4 members (excludes halogenated alkanes) is 4. The predicted molar refractivity (Wildman–Crippen MR) is 79.5 cm³/mol. The molecule has 1 heterocycles. The fraction of sp³-hybridized carbons (Fsp3) is 0.875. The smallest absolute Gasteiger partial charge is 0.309 e. The standard InChI is InChI=1S/C16H29NO3/c1-3-5-6-7-8-9-14(18)17-12-10-16(4-2,11-13-17)15(19)20/h3-13H2,1-2H3,(H,19,20). The number of likely N-dealkylation sites (tertiary alicyclic amines) is 1. The number of rotatable bonds is 8. The fourth-order valence-electron chi connectivity index (χ4n) is 2.94. The first-order valence-corrected chi connectivity index (χ1v) is 8.07. The molecule has 1 amide bonds. The molecule has 1 aliphatic rings. The zero-order chi connectivity index (χ0) is 15.0. The Balaban J connectivity index is 2.30. The van der Waals surface area contributed by atoms with Gasteiger partial charge in [-0.1, -0.05) is 39.5 Å². The second kappa shape index (κ2) is 8.28. The van der Waals surface area contributed by atoms with Gasteiger partial charge in [0.1, 0.15) is 0 Å². The number of piperidine rings is 1. The van der Waals surface area contributed by atoms with Crippen LogP contribution in [0.1, 0.15) is 71.6 Å². The van der Waals surface area contributed by atoms with Gasteiger partial charge in [-0.15, -0.1) is 0 Å². The summed E-state index contributed by atoms with van der Waals surface area (Å²) < 4.78 is 0. The van der Waals surface area contributed by atoms with E-state index in [4.69, 9.17) is 0 Å². The first-order chi connectivity index (χ1) is 9.55. The van der Waals surface area contributed by atoms with Gasteiger partial charge in [-0.05, 0) is 25.7 Å². The van der Waals surface area contributed by atoms with E-state index >= 15 is 0 Å². The number of hydrogen-bond acceptors (Lipinski definition) is 2. The van der Waals surface area contributed by atoms with Gasteiger partial charge in [-0.3, -0.25) is 9.59 Å². The van der Waals surface area contributed by atoms with Crippen LogP contribution in [0.25, 0.3) is 0 Å². The Bertz CT molecular complexity index is 320. The van der Waals surface area contributed by atoms with Crippen LogP contribution in [0.5, 0.6) is 0 Å². The molecule has 0 aromatic rings. The average molecular weight is 283 g/mol. The Morgan fingerprint density at radius 2 is 1.65 bits per heavy atom. The van der Waals surface area contributed by atoms with E-state index in [2.05, 4.69) is 6.92 Å². The number of nitrogens with zero attached hydrogens (tertiary/aromatic N) is 1. The first-order valence-electron chi connectivity index (χ1n) is 8.07. The van der Waals surface area contributed by atoms with Crippen molar-refractivity contribution in [1.82, 2.24) is 4.90 Å². The highest BCUT2D eigenvalue weighted by Crippen LogP contribution is 2.35. The highest BCUT2D eigenvalue weighted by molar-refractivity contribution is 5.78. The van der Waals surface area contributed by atoms with Crippen molar-refractivity contribution in [3.8, 4) is 0 Å². The monoisotopic (exact) mass is 283 g/mol. The Hall–Kier alpha value is -1.06. The lowest BCUT2D eigenvalue weighted by molar-refractivity contribution is -0.154. The Morgan fingerprint density at radius 1 is 1.05 bits per heavy atom. The first kappa shape index (κ1) is 17.0. The third-order valence-electron chi connectivity index (χ3n) is 4.70. The Morgan fingerprint density at radius 3 is 2.15 bits per heavy atom. The molecule has 1 rings (SSSR count). The minimum atomic E-state index is -0.702. The van der Waals surface area contributed by atoms with E-state index in [0.717, 1.165) is 12.8 Å². The van der Waals surface area contributed by atoms with E-state index in [9.17, 15) is 14.7 Å². The van der Waals surface area contributed by atoms with Crippen LogP contribution < -0.4 is 0 Å². The van der Waals surface area contributed by atoms with Crippen LogP contribution in [-0.4, -0.2) is 35.0 Å². The lowest BCUT2D eigenvalue weighted by Crippen LogP contribution is -2.46. The van der Waals surface area contributed by atoms with Crippen LogP contribution >= 0.6 is 0 Å². The van der Waals surface area contributed by atoms with Crippen molar-refractivity contribution in [3.05, 3.63) is 0 Å². The molecule has 116 valence electrons. The van der Waals surface area contributed by atoms with Gasteiger partial charge in [0.25, 0.3) is 0 Å². The summed E-state index contributed by atoms with van der Waals surface area (Å²) in [6.45, 7) is 5.32. The largest absolute Gasteiger partial charge is 0.481 e. The average Bonchev–Trinajstić information content (AvgIpc) is 2.46. The van der Waals surface area contributed by atoms with E-state index in [1.807, 2.05) is 11.8 Å². The maximum atomic E-state index is 12.1. The fourth-order valence-corrected chi connectivity index (χ4v) is 2.94.